The van der Waals surface area contributed by atoms with Crippen LogP contribution in [0.25, 0.3) is 0 Å². The lowest BCUT2D eigenvalue weighted by atomic mass is 9.80. The van der Waals surface area contributed by atoms with E-state index in [0.29, 0.717) is 0 Å². The molecule has 0 atom stereocenters. The topological polar surface area (TPSA) is 57.4 Å². The maximum atomic E-state index is 12.1. The molecule has 1 aromatic rings. The van der Waals surface area contributed by atoms with E-state index >= 15 is 0 Å². The van der Waals surface area contributed by atoms with Crippen LogP contribution in [0.2, 0.25) is 0 Å². The van der Waals surface area contributed by atoms with Gasteiger partial charge < -0.3 is 19.9 Å². The maximum absolute atomic E-state index is 12.1. The average molecular weight is 307 g/mol. The molecule has 1 amide bonds. The Morgan fingerprint density at radius 1 is 1.41 bits per heavy atom. The van der Waals surface area contributed by atoms with E-state index in [0.717, 1.165) is 39.0 Å². The number of H-pyrrole nitrogens is 1. The molecule has 0 bridgehead atoms. The van der Waals surface area contributed by atoms with E-state index < -0.39 is 5.60 Å². The summed E-state index contributed by atoms with van der Waals surface area (Å²) in [5.74, 6) is 0. The number of carbonyl (C=O) groups is 1. The molecule has 5 nitrogen and oxygen atoms in total. The summed E-state index contributed by atoms with van der Waals surface area (Å²) in [6, 6.07) is 4.10. The molecule has 0 aliphatic carbocycles. The van der Waals surface area contributed by atoms with Gasteiger partial charge in [-0.15, -0.1) is 0 Å². The van der Waals surface area contributed by atoms with E-state index in [2.05, 4.69) is 23.3 Å². The number of aromatic amines is 1. The van der Waals surface area contributed by atoms with Crippen molar-refractivity contribution in [2.45, 2.75) is 52.7 Å². The van der Waals surface area contributed by atoms with Crippen molar-refractivity contribution in [2.75, 3.05) is 19.6 Å². The monoisotopic (exact) mass is 307 g/mol. The Morgan fingerprint density at radius 2 is 2.09 bits per heavy atom. The smallest absolute Gasteiger partial charge is 0.410 e. The van der Waals surface area contributed by atoms with Gasteiger partial charge >= 0.3 is 6.09 Å². The molecule has 2 rings (SSSR count). The molecule has 0 spiro atoms. The Morgan fingerprint density at radius 3 is 2.64 bits per heavy atom. The molecule has 1 aliphatic heterocycles. The SMILES string of the molecule is CC1(CNCc2ccc[nH]2)CCN(C(=O)OC(C)(C)C)CC1. The Hall–Kier alpha value is -1.49. The fourth-order valence-electron chi connectivity index (χ4n) is 2.71. The number of nitrogens with zero attached hydrogens (tertiary/aromatic N) is 1. The zero-order valence-electron chi connectivity index (χ0n) is 14.2. The number of ether oxygens (including phenoxy) is 1. The number of carbonyl (C=O) groups excluding carboxylic acids is 1. The van der Waals surface area contributed by atoms with Gasteiger partial charge in [-0.25, -0.2) is 4.79 Å². The summed E-state index contributed by atoms with van der Waals surface area (Å²) in [5, 5.41) is 3.51. The second kappa shape index (κ2) is 6.73. The van der Waals surface area contributed by atoms with Crippen molar-refractivity contribution in [3.63, 3.8) is 0 Å². The second-order valence-electron chi connectivity index (χ2n) is 7.58. The largest absolute Gasteiger partial charge is 0.444 e. The highest BCUT2D eigenvalue weighted by atomic mass is 16.6. The first kappa shape index (κ1) is 16.9. The molecule has 1 fully saturated rings. The van der Waals surface area contributed by atoms with Crippen LogP contribution >= 0.6 is 0 Å². The third kappa shape index (κ3) is 5.05. The Bertz CT molecular complexity index is 469. The molecule has 1 aromatic heterocycles. The molecular weight excluding hydrogens is 278 g/mol. The summed E-state index contributed by atoms with van der Waals surface area (Å²) in [5.41, 5.74) is 1.02. The number of aromatic nitrogens is 1. The minimum atomic E-state index is -0.421. The van der Waals surface area contributed by atoms with E-state index in [1.54, 1.807) is 0 Å². The summed E-state index contributed by atoms with van der Waals surface area (Å²) < 4.78 is 5.44. The summed E-state index contributed by atoms with van der Waals surface area (Å²) >= 11 is 0. The third-order valence-electron chi connectivity index (χ3n) is 4.15. The first-order valence-electron chi connectivity index (χ1n) is 8.08. The lowest BCUT2D eigenvalue weighted by Crippen LogP contribution is -2.47. The van der Waals surface area contributed by atoms with Crippen molar-refractivity contribution >= 4 is 6.09 Å². The summed E-state index contributed by atoms with van der Waals surface area (Å²) in [6.45, 7) is 11.4. The van der Waals surface area contributed by atoms with Crippen LogP contribution in [0.4, 0.5) is 4.79 Å². The van der Waals surface area contributed by atoms with Crippen LogP contribution in [-0.2, 0) is 11.3 Å². The quantitative estimate of drug-likeness (QED) is 0.898. The van der Waals surface area contributed by atoms with Crippen LogP contribution in [0, 0.1) is 5.41 Å². The van der Waals surface area contributed by atoms with Crippen LogP contribution in [-0.4, -0.2) is 41.2 Å². The number of hydrogen-bond donors (Lipinski definition) is 2. The number of nitrogens with one attached hydrogen (secondary N) is 2. The first-order chi connectivity index (χ1) is 10.3. The molecule has 2 N–H and O–H groups in total. The number of hydrogen-bond acceptors (Lipinski definition) is 3. The minimum absolute atomic E-state index is 0.186. The lowest BCUT2D eigenvalue weighted by molar-refractivity contribution is 0.0119. The summed E-state index contributed by atoms with van der Waals surface area (Å²) in [6.07, 6.45) is 3.76. The highest BCUT2D eigenvalue weighted by molar-refractivity contribution is 5.68. The van der Waals surface area contributed by atoms with Gasteiger partial charge in [-0.3, -0.25) is 0 Å². The van der Waals surface area contributed by atoms with Gasteiger partial charge in [-0.2, -0.15) is 0 Å². The molecule has 2 heterocycles. The normalized spacial score (nSPS) is 18.3. The van der Waals surface area contributed by atoms with Gasteiger partial charge in [0.1, 0.15) is 5.60 Å². The summed E-state index contributed by atoms with van der Waals surface area (Å²) in [4.78, 5) is 17.1. The van der Waals surface area contributed by atoms with Crippen molar-refractivity contribution in [3.8, 4) is 0 Å². The Labute approximate surface area is 133 Å². The zero-order valence-corrected chi connectivity index (χ0v) is 14.2. The molecule has 0 unspecified atom stereocenters. The number of rotatable bonds is 4. The van der Waals surface area contributed by atoms with Gasteiger partial charge in [-0.1, -0.05) is 6.92 Å². The van der Waals surface area contributed by atoms with E-state index in [-0.39, 0.29) is 11.5 Å². The van der Waals surface area contributed by atoms with E-state index in [1.807, 2.05) is 37.9 Å². The lowest BCUT2D eigenvalue weighted by Gasteiger charge is -2.39. The number of likely N-dealkylation sites (tertiary alicyclic amines) is 1. The van der Waals surface area contributed by atoms with Gasteiger partial charge in [-0.05, 0) is 51.2 Å². The fraction of sp³-hybridized carbons (Fsp3) is 0.706. The van der Waals surface area contributed by atoms with Crippen molar-refractivity contribution in [3.05, 3.63) is 24.0 Å². The van der Waals surface area contributed by atoms with Crippen molar-refractivity contribution in [1.82, 2.24) is 15.2 Å². The Balaban J connectivity index is 1.74. The van der Waals surface area contributed by atoms with Crippen LogP contribution < -0.4 is 5.32 Å². The standard InChI is InChI=1S/C17H29N3O2/c1-16(2,3)22-15(21)20-10-7-17(4,8-11-20)13-18-12-14-6-5-9-19-14/h5-6,9,18-19H,7-8,10-13H2,1-4H3. The summed E-state index contributed by atoms with van der Waals surface area (Å²) in [7, 11) is 0. The predicted octanol–water partition coefficient (Wildman–Crippen LogP) is 3.14. The molecule has 0 saturated carbocycles. The average Bonchev–Trinajstić information content (AvgIpc) is 2.90. The minimum Gasteiger partial charge on any atom is -0.444 e. The highest BCUT2D eigenvalue weighted by Gasteiger charge is 2.33. The van der Waals surface area contributed by atoms with Gasteiger partial charge in [0, 0.05) is 38.1 Å². The van der Waals surface area contributed by atoms with Crippen LogP contribution in [0.5, 0.6) is 0 Å². The molecule has 1 aliphatic rings. The number of piperidine rings is 1. The predicted molar refractivity (Wildman–Crippen MR) is 87.6 cm³/mol. The van der Waals surface area contributed by atoms with Gasteiger partial charge in [0.05, 0.1) is 0 Å². The van der Waals surface area contributed by atoms with Crippen LogP contribution in [0.3, 0.4) is 0 Å². The van der Waals surface area contributed by atoms with Crippen LogP contribution in [0.1, 0.15) is 46.2 Å². The van der Waals surface area contributed by atoms with Crippen molar-refractivity contribution in [1.29, 1.82) is 0 Å². The number of amides is 1. The first-order valence-corrected chi connectivity index (χ1v) is 8.08. The molecular formula is C17H29N3O2. The zero-order chi connectivity index (χ0) is 16.2. The maximum Gasteiger partial charge on any atom is 0.410 e. The highest BCUT2D eigenvalue weighted by Crippen LogP contribution is 2.30. The molecule has 0 aromatic carbocycles. The van der Waals surface area contributed by atoms with Crippen molar-refractivity contribution in [2.24, 2.45) is 5.41 Å². The third-order valence-corrected chi connectivity index (χ3v) is 4.15. The second-order valence-corrected chi connectivity index (χ2v) is 7.58. The molecule has 1 saturated heterocycles. The van der Waals surface area contributed by atoms with E-state index in [1.165, 1.54) is 5.69 Å². The van der Waals surface area contributed by atoms with Gasteiger partial charge in [0.2, 0.25) is 0 Å². The van der Waals surface area contributed by atoms with E-state index in [4.69, 9.17) is 4.74 Å². The van der Waals surface area contributed by atoms with Gasteiger partial charge in [0.15, 0.2) is 0 Å². The molecule has 124 valence electrons. The van der Waals surface area contributed by atoms with Gasteiger partial charge in [0.25, 0.3) is 0 Å². The Kier molecular flexibility index (Phi) is 5.16. The fourth-order valence-corrected chi connectivity index (χ4v) is 2.71. The van der Waals surface area contributed by atoms with E-state index in [9.17, 15) is 4.79 Å². The van der Waals surface area contributed by atoms with Crippen LogP contribution in [0.15, 0.2) is 18.3 Å². The molecule has 0 radical (unpaired) electrons. The van der Waals surface area contributed by atoms with Crippen molar-refractivity contribution < 1.29 is 9.53 Å². The molecule has 5 heteroatoms. The molecule has 22 heavy (non-hydrogen) atoms.